The SMILES string of the molecule is CCCCCCCCCCCCCCOc1ccccc1C(=O)C(Br)c1nnn[nH]1. The Labute approximate surface area is 188 Å². The number of H-pyrrole nitrogens is 1. The smallest absolute Gasteiger partial charge is 0.187 e. The van der Waals surface area contributed by atoms with Gasteiger partial charge in [-0.15, -0.1) is 5.10 Å². The number of aromatic nitrogens is 4. The van der Waals surface area contributed by atoms with E-state index in [0.29, 0.717) is 23.7 Å². The summed E-state index contributed by atoms with van der Waals surface area (Å²) in [7, 11) is 0. The number of nitrogens with one attached hydrogen (secondary N) is 1. The van der Waals surface area contributed by atoms with Gasteiger partial charge in [-0.3, -0.25) is 4.79 Å². The summed E-state index contributed by atoms with van der Waals surface area (Å²) in [5, 5.41) is 13.5. The number of tetrazole rings is 1. The fourth-order valence-corrected chi connectivity index (χ4v) is 3.90. The van der Waals surface area contributed by atoms with Crippen molar-refractivity contribution in [2.75, 3.05) is 6.61 Å². The number of nitrogens with zero attached hydrogens (tertiary/aromatic N) is 3. The van der Waals surface area contributed by atoms with Gasteiger partial charge in [0.25, 0.3) is 0 Å². The second kappa shape index (κ2) is 15.1. The Morgan fingerprint density at radius 2 is 1.57 bits per heavy atom. The molecule has 166 valence electrons. The number of halogens is 1. The van der Waals surface area contributed by atoms with Gasteiger partial charge in [-0.1, -0.05) is 106 Å². The van der Waals surface area contributed by atoms with Crippen LogP contribution in [-0.2, 0) is 0 Å². The molecular formula is C23H35BrN4O2. The zero-order chi connectivity index (χ0) is 21.4. The van der Waals surface area contributed by atoms with Crippen molar-refractivity contribution in [2.24, 2.45) is 0 Å². The number of carbonyl (C=O) groups is 1. The van der Waals surface area contributed by atoms with E-state index < -0.39 is 4.83 Å². The topological polar surface area (TPSA) is 80.8 Å². The van der Waals surface area contributed by atoms with Gasteiger partial charge in [-0.25, -0.2) is 5.10 Å². The minimum atomic E-state index is -0.621. The van der Waals surface area contributed by atoms with Crippen LogP contribution in [0.1, 0.15) is 105 Å². The van der Waals surface area contributed by atoms with Crippen molar-refractivity contribution in [3.05, 3.63) is 35.7 Å². The molecule has 1 aromatic heterocycles. The van der Waals surface area contributed by atoms with E-state index in [4.69, 9.17) is 4.74 Å². The van der Waals surface area contributed by atoms with Crippen LogP contribution >= 0.6 is 15.9 Å². The molecule has 0 radical (unpaired) electrons. The molecule has 0 aliphatic rings. The van der Waals surface area contributed by atoms with E-state index in [9.17, 15) is 4.79 Å². The first-order chi connectivity index (χ1) is 14.7. The normalized spacial score (nSPS) is 12.1. The molecule has 6 nitrogen and oxygen atoms in total. The lowest BCUT2D eigenvalue weighted by Gasteiger charge is -2.12. The molecule has 0 bridgehead atoms. The lowest BCUT2D eigenvalue weighted by Crippen LogP contribution is -2.11. The summed E-state index contributed by atoms with van der Waals surface area (Å²) in [6.07, 6.45) is 15.7. The Morgan fingerprint density at radius 1 is 0.967 bits per heavy atom. The summed E-state index contributed by atoms with van der Waals surface area (Å²) in [4.78, 5) is 12.1. The van der Waals surface area contributed by atoms with Crippen LogP contribution in [0.2, 0.25) is 0 Å². The van der Waals surface area contributed by atoms with E-state index in [2.05, 4.69) is 43.5 Å². The number of unbranched alkanes of at least 4 members (excludes halogenated alkanes) is 11. The first-order valence-electron chi connectivity index (χ1n) is 11.4. The highest BCUT2D eigenvalue weighted by atomic mass is 79.9. The van der Waals surface area contributed by atoms with Crippen LogP contribution < -0.4 is 4.74 Å². The fraction of sp³-hybridized carbons (Fsp3) is 0.652. The molecule has 0 fully saturated rings. The monoisotopic (exact) mass is 478 g/mol. The van der Waals surface area contributed by atoms with Gasteiger partial charge in [0.2, 0.25) is 0 Å². The molecule has 0 saturated heterocycles. The molecule has 1 unspecified atom stereocenters. The van der Waals surface area contributed by atoms with Crippen molar-refractivity contribution in [3.63, 3.8) is 0 Å². The zero-order valence-corrected chi connectivity index (χ0v) is 19.7. The summed E-state index contributed by atoms with van der Waals surface area (Å²) in [5.74, 6) is 0.872. The van der Waals surface area contributed by atoms with E-state index in [1.54, 1.807) is 6.07 Å². The molecule has 0 aliphatic heterocycles. The van der Waals surface area contributed by atoms with Crippen LogP contribution in [0.25, 0.3) is 0 Å². The van der Waals surface area contributed by atoms with Gasteiger partial charge < -0.3 is 4.74 Å². The molecule has 1 aromatic carbocycles. The van der Waals surface area contributed by atoms with Crippen LogP contribution in [0.3, 0.4) is 0 Å². The molecule has 1 N–H and O–H groups in total. The number of Topliss-reactive ketones (excluding diaryl/α,β-unsaturated/α-hetero) is 1. The quantitative estimate of drug-likeness (QED) is 0.157. The summed E-state index contributed by atoms with van der Waals surface area (Å²) in [6, 6.07) is 7.33. The Morgan fingerprint density at radius 3 is 2.17 bits per heavy atom. The summed E-state index contributed by atoms with van der Waals surface area (Å²) >= 11 is 3.37. The molecular weight excluding hydrogens is 444 g/mol. The third-order valence-electron chi connectivity index (χ3n) is 5.24. The number of ketones is 1. The van der Waals surface area contributed by atoms with Gasteiger partial charge >= 0.3 is 0 Å². The van der Waals surface area contributed by atoms with E-state index in [1.807, 2.05) is 18.2 Å². The molecule has 30 heavy (non-hydrogen) atoms. The van der Waals surface area contributed by atoms with Crippen molar-refractivity contribution >= 4 is 21.7 Å². The molecule has 0 saturated carbocycles. The van der Waals surface area contributed by atoms with E-state index in [1.165, 1.54) is 64.2 Å². The lowest BCUT2D eigenvalue weighted by atomic mass is 10.1. The number of hydrogen-bond donors (Lipinski definition) is 1. The molecule has 7 heteroatoms. The lowest BCUT2D eigenvalue weighted by molar-refractivity contribution is 0.0985. The molecule has 1 heterocycles. The third kappa shape index (κ3) is 8.94. The number of ether oxygens (including phenoxy) is 1. The van der Waals surface area contributed by atoms with Gasteiger partial charge in [0, 0.05) is 0 Å². The van der Waals surface area contributed by atoms with E-state index in [-0.39, 0.29) is 5.78 Å². The largest absolute Gasteiger partial charge is 0.493 e. The fourth-order valence-electron chi connectivity index (χ4n) is 3.46. The van der Waals surface area contributed by atoms with Crippen LogP contribution in [0.15, 0.2) is 24.3 Å². The molecule has 0 amide bonds. The van der Waals surface area contributed by atoms with Crippen molar-refractivity contribution in [1.82, 2.24) is 20.6 Å². The van der Waals surface area contributed by atoms with Gasteiger partial charge in [0.15, 0.2) is 11.6 Å². The number of rotatable bonds is 17. The van der Waals surface area contributed by atoms with Crippen LogP contribution in [-0.4, -0.2) is 33.0 Å². The minimum Gasteiger partial charge on any atom is -0.493 e. The first kappa shape index (κ1) is 24.5. The number of aromatic amines is 1. The van der Waals surface area contributed by atoms with Crippen molar-refractivity contribution < 1.29 is 9.53 Å². The van der Waals surface area contributed by atoms with Gasteiger partial charge in [-0.05, 0) is 29.0 Å². The highest BCUT2D eigenvalue weighted by Gasteiger charge is 2.24. The molecule has 1 atom stereocenters. The first-order valence-corrected chi connectivity index (χ1v) is 12.3. The average molecular weight is 479 g/mol. The average Bonchev–Trinajstić information content (AvgIpc) is 3.31. The molecule has 2 aromatic rings. The van der Waals surface area contributed by atoms with Crippen LogP contribution in [0, 0.1) is 0 Å². The predicted molar refractivity (Wildman–Crippen MR) is 123 cm³/mol. The maximum Gasteiger partial charge on any atom is 0.187 e. The van der Waals surface area contributed by atoms with Crippen LogP contribution in [0.5, 0.6) is 5.75 Å². The third-order valence-corrected chi connectivity index (χ3v) is 6.09. The summed E-state index contributed by atoms with van der Waals surface area (Å²) in [6.45, 7) is 2.89. The van der Waals surface area contributed by atoms with Gasteiger partial charge in [-0.2, -0.15) is 0 Å². The predicted octanol–water partition coefficient (Wildman–Crippen LogP) is 6.60. The zero-order valence-electron chi connectivity index (χ0n) is 18.1. The van der Waals surface area contributed by atoms with E-state index >= 15 is 0 Å². The second-order valence-corrected chi connectivity index (χ2v) is 8.66. The Hall–Kier alpha value is -1.76. The van der Waals surface area contributed by atoms with Crippen molar-refractivity contribution in [1.29, 1.82) is 0 Å². The number of alkyl halides is 1. The summed E-state index contributed by atoms with van der Waals surface area (Å²) < 4.78 is 5.91. The Balaban J connectivity index is 1.59. The summed E-state index contributed by atoms with van der Waals surface area (Å²) in [5.41, 5.74) is 0.537. The standard InChI is InChI=1S/C23H35BrN4O2/c1-2-3-4-5-6-7-8-9-10-11-12-15-18-30-20-17-14-13-16-19(20)22(29)21(24)23-25-27-28-26-23/h13-14,16-17,21H,2-12,15,18H2,1H3,(H,25,26,27,28). The highest BCUT2D eigenvalue weighted by Crippen LogP contribution is 2.28. The second-order valence-electron chi connectivity index (χ2n) is 7.75. The maximum atomic E-state index is 12.8. The molecule has 0 spiro atoms. The minimum absolute atomic E-state index is 0.126. The number of hydrogen-bond acceptors (Lipinski definition) is 5. The number of carbonyl (C=O) groups excluding carboxylic acids is 1. The van der Waals surface area contributed by atoms with Crippen molar-refractivity contribution in [2.45, 2.75) is 88.8 Å². The molecule has 2 rings (SSSR count). The Kier molecular flexibility index (Phi) is 12.3. The maximum absolute atomic E-state index is 12.8. The van der Waals surface area contributed by atoms with E-state index in [0.717, 1.165) is 12.8 Å². The Bertz CT molecular complexity index is 709. The molecule has 0 aliphatic carbocycles. The number of para-hydroxylation sites is 1. The van der Waals surface area contributed by atoms with Gasteiger partial charge in [0.1, 0.15) is 10.6 Å². The van der Waals surface area contributed by atoms with Gasteiger partial charge in [0.05, 0.1) is 12.2 Å². The van der Waals surface area contributed by atoms with Crippen molar-refractivity contribution in [3.8, 4) is 5.75 Å². The number of benzene rings is 1. The highest BCUT2D eigenvalue weighted by molar-refractivity contribution is 9.09. The van der Waals surface area contributed by atoms with Crippen LogP contribution in [0.4, 0.5) is 0 Å².